The van der Waals surface area contributed by atoms with Crippen LogP contribution in [0.4, 0.5) is 4.79 Å². The third-order valence-corrected chi connectivity index (χ3v) is 1.60. The van der Waals surface area contributed by atoms with E-state index < -0.39 is 6.09 Å². The molecule has 1 aliphatic heterocycles. The minimum Gasteiger partial charge on any atom is -0.530 e. The number of nitrogens with zero attached hydrogens (tertiary/aromatic N) is 1. The molecule has 0 radical (unpaired) electrons. The lowest BCUT2D eigenvalue weighted by Crippen LogP contribution is -2.51. The zero-order valence-corrected chi connectivity index (χ0v) is 6.02. The van der Waals surface area contributed by atoms with E-state index in [2.05, 4.69) is 0 Å². The van der Waals surface area contributed by atoms with Crippen molar-refractivity contribution in [2.24, 2.45) is 0 Å². The molecule has 1 rings (SSSR count). The fraction of sp³-hybridized carbons (Fsp3) is 0.833. The summed E-state index contributed by atoms with van der Waals surface area (Å²) < 4.78 is 5.02. The van der Waals surface area contributed by atoms with Crippen molar-refractivity contribution in [3.05, 3.63) is 0 Å². The first-order valence-corrected chi connectivity index (χ1v) is 3.42. The van der Waals surface area contributed by atoms with Crippen molar-refractivity contribution >= 4 is 6.09 Å². The topological polar surface area (TPSA) is 72.8 Å². The van der Waals surface area contributed by atoms with Gasteiger partial charge in [0.25, 0.3) is 0 Å². The number of morpholine rings is 1. The Bertz CT molecular complexity index is 150. The second-order valence-electron chi connectivity index (χ2n) is 2.39. The number of rotatable bonds is 1. The SMILES string of the molecule is O=C([O-])N1CCOC(CO)C1. The number of amides is 1. The molecule has 5 heteroatoms. The standard InChI is InChI=1S/C6H11NO4/c8-4-5-3-7(6(9)10)1-2-11-5/h5,8H,1-4H2,(H,9,10)/p-1. The molecule has 0 aromatic carbocycles. The Balaban J connectivity index is 2.39. The van der Waals surface area contributed by atoms with Crippen LogP contribution in [0.5, 0.6) is 0 Å². The van der Waals surface area contributed by atoms with Gasteiger partial charge in [-0.3, -0.25) is 0 Å². The van der Waals surface area contributed by atoms with Crippen LogP contribution in [0.1, 0.15) is 0 Å². The average Bonchev–Trinajstić information content (AvgIpc) is 2.05. The molecule has 1 aliphatic rings. The molecule has 1 atom stereocenters. The Hall–Kier alpha value is -0.810. The van der Waals surface area contributed by atoms with Gasteiger partial charge in [0.15, 0.2) is 0 Å². The highest BCUT2D eigenvalue weighted by Crippen LogP contribution is 2.02. The minimum absolute atomic E-state index is 0.149. The highest BCUT2D eigenvalue weighted by molar-refractivity contribution is 5.62. The van der Waals surface area contributed by atoms with Gasteiger partial charge in [-0.1, -0.05) is 0 Å². The normalized spacial score (nSPS) is 25.2. The first-order valence-electron chi connectivity index (χ1n) is 3.42. The summed E-state index contributed by atoms with van der Waals surface area (Å²) in [7, 11) is 0. The Morgan fingerprint density at radius 1 is 1.82 bits per heavy atom. The molecule has 0 spiro atoms. The molecule has 1 saturated heterocycles. The Labute approximate surface area is 64.2 Å². The molecule has 0 aromatic heterocycles. The second kappa shape index (κ2) is 3.54. The molecule has 0 aromatic rings. The monoisotopic (exact) mass is 160 g/mol. The van der Waals surface area contributed by atoms with Crippen molar-refractivity contribution in [1.29, 1.82) is 0 Å². The molecule has 64 valence electrons. The van der Waals surface area contributed by atoms with E-state index in [1.54, 1.807) is 0 Å². The first-order chi connectivity index (χ1) is 5.24. The van der Waals surface area contributed by atoms with Crippen LogP contribution in [0.3, 0.4) is 0 Å². The van der Waals surface area contributed by atoms with Crippen molar-refractivity contribution in [1.82, 2.24) is 4.90 Å². The summed E-state index contributed by atoms with van der Waals surface area (Å²) in [5.74, 6) is 0. The second-order valence-corrected chi connectivity index (χ2v) is 2.39. The highest BCUT2D eigenvalue weighted by Gasteiger charge is 2.18. The third kappa shape index (κ3) is 2.06. The molecule has 5 nitrogen and oxygen atoms in total. The van der Waals surface area contributed by atoms with Crippen LogP contribution < -0.4 is 5.11 Å². The fourth-order valence-electron chi connectivity index (χ4n) is 0.996. The molecule has 1 N–H and O–H groups in total. The van der Waals surface area contributed by atoms with Gasteiger partial charge in [-0.2, -0.15) is 0 Å². The van der Waals surface area contributed by atoms with E-state index in [0.29, 0.717) is 13.2 Å². The Morgan fingerprint density at radius 2 is 2.55 bits per heavy atom. The maximum Gasteiger partial charge on any atom is 0.137 e. The van der Waals surface area contributed by atoms with Crippen LogP contribution in [0.25, 0.3) is 0 Å². The van der Waals surface area contributed by atoms with Gasteiger partial charge in [-0.25, -0.2) is 0 Å². The van der Waals surface area contributed by atoms with Gasteiger partial charge in [-0.05, 0) is 0 Å². The van der Waals surface area contributed by atoms with Gasteiger partial charge < -0.3 is 24.6 Å². The summed E-state index contributed by atoms with van der Waals surface area (Å²) in [6.07, 6.45) is -1.59. The number of carbonyl (C=O) groups excluding carboxylic acids is 1. The van der Waals surface area contributed by atoms with Gasteiger partial charge in [0.05, 0.1) is 19.3 Å². The van der Waals surface area contributed by atoms with E-state index >= 15 is 0 Å². The molecule has 11 heavy (non-hydrogen) atoms. The van der Waals surface area contributed by atoms with Crippen molar-refractivity contribution in [3.63, 3.8) is 0 Å². The summed E-state index contributed by atoms with van der Waals surface area (Å²) in [5.41, 5.74) is 0. The van der Waals surface area contributed by atoms with Crippen LogP contribution in [0.2, 0.25) is 0 Å². The van der Waals surface area contributed by atoms with E-state index in [1.165, 1.54) is 0 Å². The van der Waals surface area contributed by atoms with Crippen LogP contribution in [-0.2, 0) is 4.74 Å². The Morgan fingerprint density at radius 3 is 3.09 bits per heavy atom. The quantitative estimate of drug-likeness (QED) is 0.482. The molecule has 0 bridgehead atoms. The largest absolute Gasteiger partial charge is 0.530 e. The fourth-order valence-corrected chi connectivity index (χ4v) is 0.996. The highest BCUT2D eigenvalue weighted by atomic mass is 16.5. The molecule has 1 fully saturated rings. The van der Waals surface area contributed by atoms with Crippen molar-refractivity contribution < 1.29 is 19.7 Å². The van der Waals surface area contributed by atoms with E-state index in [0.717, 1.165) is 4.90 Å². The summed E-state index contributed by atoms with van der Waals surface area (Å²) >= 11 is 0. The van der Waals surface area contributed by atoms with Crippen LogP contribution >= 0.6 is 0 Å². The van der Waals surface area contributed by atoms with Gasteiger partial charge in [0, 0.05) is 13.1 Å². The van der Waals surface area contributed by atoms with Gasteiger partial charge >= 0.3 is 0 Å². The van der Waals surface area contributed by atoms with Crippen molar-refractivity contribution in [2.75, 3.05) is 26.3 Å². The summed E-state index contributed by atoms with van der Waals surface area (Å²) in [6, 6.07) is 0. The number of aliphatic hydroxyl groups excluding tert-OH is 1. The number of aliphatic hydroxyl groups is 1. The number of ether oxygens (including phenoxy) is 1. The molecule has 0 saturated carbocycles. The molecular formula is C6H10NO4-. The van der Waals surface area contributed by atoms with E-state index in [1.807, 2.05) is 0 Å². The van der Waals surface area contributed by atoms with E-state index in [-0.39, 0.29) is 19.3 Å². The first kappa shape index (κ1) is 8.29. The molecule has 1 amide bonds. The smallest absolute Gasteiger partial charge is 0.137 e. The predicted molar refractivity (Wildman–Crippen MR) is 33.8 cm³/mol. The van der Waals surface area contributed by atoms with E-state index in [4.69, 9.17) is 9.84 Å². The minimum atomic E-state index is -1.20. The number of hydrogen-bond donors (Lipinski definition) is 1. The third-order valence-electron chi connectivity index (χ3n) is 1.60. The van der Waals surface area contributed by atoms with Crippen molar-refractivity contribution in [3.8, 4) is 0 Å². The van der Waals surface area contributed by atoms with Crippen molar-refractivity contribution in [2.45, 2.75) is 6.10 Å². The van der Waals surface area contributed by atoms with Crippen LogP contribution in [0, 0.1) is 0 Å². The van der Waals surface area contributed by atoms with Crippen LogP contribution in [0.15, 0.2) is 0 Å². The lowest BCUT2D eigenvalue weighted by atomic mass is 10.3. The average molecular weight is 160 g/mol. The molecule has 1 unspecified atom stereocenters. The number of carboxylic acid groups (broad SMARTS) is 1. The lowest BCUT2D eigenvalue weighted by Gasteiger charge is -2.33. The molecular weight excluding hydrogens is 150 g/mol. The summed E-state index contributed by atoms with van der Waals surface area (Å²) in [4.78, 5) is 11.4. The molecule has 0 aliphatic carbocycles. The summed E-state index contributed by atoms with van der Waals surface area (Å²) in [5, 5.41) is 18.9. The predicted octanol–water partition coefficient (Wildman–Crippen LogP) is -1.98. The maximum atomic E-state index is 10.3. The van der Waals surface area contributed by atoms with Gasteiger partial charge in [0.2, 0.25) is 0 Å². The van der Waals surface area contributed by atoms with E-state index in [9.17, 15) is 9.90 Å². The molecule has 1 heterocycles. The van der Waals surface area contributed by atoms with Crippen LogP contribution in [-0.4, -0.2) is 48.5 Å². The summed E-state index contributed by atoms with van der Waals surface area (Å²) in [6.45, 7) is 0.723. The Kier molecular flexibility index (Phi) is 2.67. The zero-order chi connectivity index (χ0) is 8.27. The number of carbonyl (C=O) groups is 1. The van der Waals surface area contributed by atoms with Gasteiger partial charge in [0.1, 0.15) is 6.09 Å². The lowest BCUT2D eigenvalue weighted by molar-refractivity contribution is -0.270. The maximum absolute atomic E-state index is 10.3. The van der Waals surface area contributed by atoms with Gasteiger partial charge in [-0.15, -0.1) is 0 Å². The zero-order valence-electron chi connectivity index (χ0n) is 6.02. The number of hydrogen-bond acceptors (Lipinski definition) is 4.